The van der Waals surface area contributed by atoms with E-state index in [4.69, 9.17) is 5.73 Å². The first-order valence-corrected chi connectivity index (χ1v) is 7.38. The summed E-state index contributed by atoms with van der Waals surface area (Å²) in [5.41, 5.74) is 7.63. The van der Waals surface area contributed by atoms with Crippen molar-refractivity contribution in [3.63, 3.8) is 0 Å². The maximum atomic E-state index is 5.95. The fourth-order valence-corrected chi connectivity index (χ4v) is 2.72. The Morgan fingerprint density at radius 3 is 2.50 bits per heavy atom. The van der Waals surface area contributed by atoms with E-state index in [0.29, 0.717) is 5.96 Å². The summed E-state index contributed by atoms with van der Waals surface area (Å²) < 4.78 is 0. The number of nitrogens with two attached hydrogens (primary N) is 1. The zero-order valence-electron chi connectivity index (χ0n) is 11.8. The Hall–Kier alpha value is -0.780. The highest BCUT2D eigenvalue weighted by Gasteiger charge is 2.43. The molecule has 0 amide bonds. The Labute approximate surface area is 138 Å². The van der Waals surface area contributed by atoms with Crippen LogP contribution in [0.5, 0.6) is 0 Å². The summed E-state index contributed by atoms with van der Waals surface area (Å²) in [5.74, 6) is 1.44. The van der Waals surface area contributed by atoms with E-state index in [0.717, 1.165) is 19.0 Å². The van der Waals surface area contributed by atoms with Crippen LogP contribution in [-0.4, -0.2) is 19.0 Å². The molecule has 2 fully saturated rings. The predicted octanol–water partition coefficient (Wildman–Crippen LogP) is 3.04. The van der Waals surface area contributed by atoms with E-state index in [1.54, 1.807) is 0 Å². The van der Waals surface area contributed by atoms with Crippen LogP contribution in [0.3, 0.4) is 0 Å². The third-order valence-electron chi connectivity index (χ3n) is 4.59. The van der Waals surface area contributed by atoms with Gasteiger partial charge in [-0.15, -0.1) is 24.0 Å². The molecule has 20 heavy (non-hydrogen) atoms. The van der Waals surface area contributed by atoms with Gasteiger partial charge in [0.25, 0.3) is 0 Å². The van der Waals surface area contributed by atoms with Crippen molar-refractivity contribution in [1.29, 1.82) is 0 Å². The van der Waals surface area contributed by atoms with Gasteiger partial charge in [-0.3, -0.25) is 4.99 Å². The van der Waals surface area contributed by atoms with E-state index < -0.39 is 0 Å². The monoisotopic (exact) mass is 385 g/mol. The summed E-state index contributed by atoms with van der Waals surface area (Å²) >= 11 is 0. The van der Waals surface area contributed by atoms with E-state index in [1.807, 2.05) is 0 Å². The largest absolute Gasteiger partial charge is 0.370 e. The van der Waals surface area contributed by atoms with E-state index in [2.05, 4.69) is 40.6 Å². The minimum Gasteiger partial charge on any atom is -0.370 e. The van der Waals surface area contributed by atoms with Crippen molar-refractivity contribution in [3.05, 3.63) is 35.9 Å². The fourth-order valence-electron chi connectivity index (χ4n) is 2.72. The number of guanidine groups is 1. The topological polar surface area (TPSA) is 50.4 Å². The van der Waals surface area contributed by atoms with Gasteiger partial charge in [0, 0.05) is 12.0 Å². The van der Waals surface area contributed by atoms with Gasteiger partial charge in [0.2, 0.25) is 0 Å². The van der Waals surface area contributed by atoms with Crippen molar-refractivity contribution < 1.29 is 0 Å². The van der Waals surface area contributed by atoms with Crippen LogP contribution in [-0.2, 0) is 5.41 Å². The summed E-state index contributed by atoms with van der Waals surface area (Å²) in [6, 6.07) is 10.7. The number of rotatable bonds is 5. The molecule has 3 nitrogen and oxygen atoms in total. The average Bonchev–Trinajstić information content (AvgIpc) is 3.17. The van der Waals surface area contributed by atoms with E-state index >= 15 is 0 Å². The van der Waals surface area contributed by atoms with E-state index in [1.165, 1.54) is 37.7 Å². The second-order valence-electron chi connectivity index (χ2n) is 6.03. The molecule has 2 aliphatic carbocycles. The van der Waals surface area contributed by atoms with Gasteiger partial charge in [0.15, 0.2) is 5.96 Å². The number of nitrogens with zero attached hydrogens (tertiary/aromatic N) is 1. The third-order valence-corrected chi connectivity index (χ3v) is 4.59. The van der Waals surface area contributed by atoms with Crippen LogP contribution in [0.1, 0.15) is 37.7 Å². The van der Waals surface area contributed by atoms with Crippen LogP contribution < -0.4 is 11.1 Å². The smallest absolute Gasteiger partial charge is 0.188 e. The Bertz CT molecular complexity index is 450. The zero-order valence-corrected chi connectivity index (χ0v) is 14.2. The molecule has 0 radical (unpaired) electrons. The maximum absolute atomic E-state index is 5.95. The Morgan fingerprint density at radius 1 is 1.25 bits per heavy atom. The van der Waals surface area contributed by atoms with Gasteiger partial charge < -0.3 is 11.1 Å². The Morgan fingerprint density at radius 2 is 1.95 bits per heavy atom. The van der Waals surface area contributed by atoms with Gasteiger partial charge in [-0.25, -0.2) is 0 Å². The average molecular weight is 385 g/mol. The van der Waals surface area contributed by atoms with Gasteiger partial charge in [0.1, 0.15) is 0 Å². The minimum atomic E-state index is 0. The Balaban J connectivity index is 0.00000147. The molecule has 3 N–H and O–H groups in total. The second kappa shape index (κ2) is 6.78. The summed E-state index contributed by atoms with van der Waals surface area (Å²) in [6.07, 6.45) is 6.52. The molecular weight excluding hydrogens is 361 g/mol. The number of halogens is 1. The van der Waals surface area contributed by atoms with Crippen molar-refractivity contribution >= 4 is 29.9 Å². The van der Waals surface area contributed by atoms with Crippen LogP contribution in [0.15, 0.2) is 35.3 Å². The molecular formula is C16H24IN3. The van der Waals surface area contributed by atoms with Gasteiger partial charge in [-0.2, -0.15) is 0 Å². The lowest BCUT2D eigenvalue weighted by atomic mass is 9.85. The molecule has 110 valence electrons. The molecule has 0 aliphatic heterocycles. The molecule has 1 aromatic rings. The van der Waals surface area contributed by atoms with Crippen LogP contribution >= 0.6 is 24.0 Å². The number of hydrogen-bond acceptors (Lipinski definition) is 1. The van der Waals surface area contributed by atoms with Crippen LogP contribution in [0.4, 0.5) is 0 Å². The van der Waals surface area contributed by atoms with E-state index in [-0.39, 0.29) is 29.4 Å². The molecule has 4 heteroatoms. The first-order valence-electron chi connectivity index (χ1n) is 7.38. The SMILES string of the molecule is I.NC(=NCC1(c2ccccc2)CC1)NCC1CCC1. The van der Waals surface area contributed by atoms with Crippen molar-refractivity contribution in [2.24, 2.45) is 16.6 Å². The molecule has 0 heterocycles. The van der Waals surface area contributed by atoms with Gasteiger partial charge >= 0.3 is 0 Å². The summed E-state index contributed by atoms with van der Waals surface area (Å²) in [7, 11) is 0. The highest BCUT2D eigenvalue weighted by Crippen LogP contribution is 2.48. The lowest BCUT2D eigenvalue weighted by molar-refractivity contribution is 0.315. The lowest BCUT2D eigenvalue weighted by Crippen LogP contribution is -2.37. The molecule has 1 aromatic carbocycles. The molecule has 2 aliphatic rings. The van der Waals surface area contributed by atoms with Crippen LogP contribution in [0.25, 0.3) is 0 Å². The summed E-state index contributed by atoms with van der Waals surface area (Å²) in [5, 5.41) is 3.26. The molecule has 0 saturated heterocycles. The number of aliphatic imine (C=N–C) groups is 1. The molecule has 0 unspecified atom stereocenters. The van der Waals surface area contributed by atoms with Gasteiger partial charge in [-0.05, 0) is 37.2 Å². The first kappa shape index (κ1) is 15.6. The lowest BCUT2D eigenvalue weighted by Gasteiger charge is -2.25. The van der Waals surface area contributed by atoms with Crippen molar-refractivity contribution in [2.45, 2.75) is 37.5 Å². The summed E-state index contributed by atoms with van der Waals surface area (Å²) in [4.78, 5) is 4.55. The Kier molecular flexibility index (Phi) is 5.29. The standard InChI is InChI=1S/C16H23N3.HI/c17-15(18-11-13-5-4-6-13)19-12-16(9-10-16)14-7-2-1-3-8-14;/h1-3,7-8,13H,4-6,9-12H2,(H3,17,18,19);1H. The van der Waals surface area contributed by atoms with E-state index in [9.17, 15) is 0 Å². The normalized spacial score (nSPS) is 20.7. The van der Waals surface area contributed by atoms with Gasteiger partial charge in [0.05, 0.1) is 6.54 Å². The van der Waals surface area contributed by atoms with Crippen LogP contribution in [0, 0.1) is 5.92 Å². The van der Waals surface area contributed by atoms with Crippen molar-refractivity contribution in [2.75, 3.05) is 13.1 Å². The molecule has 0 aromatic heterocycles. The number of hydrogen-bond donors (Lipinski definition) is 2. The highest BCUT2D eigenvalue weighted by molar-refractivity contribution is 14.0. The van der Waals surface area contributed by atoms with Gasteiger partial charge in [-0.1, -0.05) is 36.8 Å². The van der Waals surface area contributed by atoms with Crippen molar-refractivity contribution in [1.82, 2.24) is 5.32 Å². The number of benzene rings is 1. The second-order valence-corrected chi connectivity index (χ2v) is 6.03. The molecule has 3 rings (SSSR count). The predicted molar refractivity (Wildman–Crippen MR) is 94.6 cm³/mol. The molecule has 0 spiro atoms. The number of nitrogens with one attached hydrogen (secondary N) is 1. The summed E-state index contributed by atoms with van der Waals surface area (Å²) in [6.45, 7) is 1.81. The van der Waals surface area contributed by atoms with Crippen molar-refractivity contribution in [3.8, 4) is 0 Å². The minimum absolute atomic E-state index is 0. The molecule has 0 atom stereocenters. The highest BCUT2D eigenvalue weighted by atomic mass is 127. The zero-order chi connectivity index (χ0) is 13.1. The molecule has 2 saturated carbocycles. The molecule has 0 bridgehead atoms. The maximum Gasteiger partial charge on any atom is 0.188 e. The fraction of sp³-hybridized carbons (Fsp3) is 0.562. The quantitative estimate of drug-likeness (QED) is 0.465. The first-order chi connectivity index (χ1) is 9.28. The third kappa shape index (κ3) is 3.65. The van der Waals surface area contributed by atoms with Crippen LogP contribution in [0.2, 0.25) is 0 Å².